The van der Waals surface area contributed by atoms with E-state index in [-0.39, 0.29) is 17.6 Å². The molecule has 0 aromatic heterocycles. The summed E-state index contributed by atoms with van der Waals surface area (Å²) in [5.41, 5.74) is 4.62. The van der Waals surface area contributed by atoms with E-state index in [9.17, 15) is 14.0 Å². The number of aryl methyl sites for hydroxylation is 1. The van der Waals surface area contributed by atoms with E-state index in [0.717, 1.165) is 22.4 Å². The second kappa shape index (κ2) is 9.15. The third-order valence-corrected chi connectivity index (χ3v) is 4.85. The minimum atomic E-state index is -0.284. The summed E-state index contributed by atoms with van der Waals surface area (Å²) in [7, 11) is 0. The van der Waals surface area contributed by atoms with Crippen LogP contribution in [0.2, 0.25) is 0 Å². The molecular weight excluding hydrogens is 367 g/mol. The Labute approximate surface area is 169 Å². The standard InChI is InChI=1S/C24H23FN2O2/c1-16-5-3-8-22(17(16)2)27-24(29)20-7-4-6-19(15-20)23(28)26-14-13-18-9-11-21(25)12-10-18/h3-12,15H,13-14H2,1-2H3,(H,26,28)(H,27,29). The van der Waals surface area contributed by atoms with Gasteiger partial charge in [-0.2, -0.15) is 0 Å². The summed E-state index contributed by atoms with van der Waals surface area (Å²) < 4.78 is 12.9. The second-order valence-electron chi connectivity index (χ2n) is 6.91. The Kier molecular flexibility index (Phi) is 6.39. The fraction of sp³-hybridized carbons (Fsp3) is 0.167. The molecule has 0 atom stereocenters. The van der Waals surface area contributed by atoms with Crippen molar-refractivity contribution in [2.45, 2.75) is 20.3 Å². The fourth-order valence-electron chi connectivity index (χ4n) is 2.96. The number of rotatable bonds is 6. The lowest BCUT2D eigenvalue weighted by Crippen LogP contribution is -2.26. The minimum Gasteiger partial charge on any atom is -0.352 e. The molecule has 0 saturated heterocycles. The van der Waals surface area contributed by atoms with E-state index in [1.54, 1.807) is 36.4 Å². The second-order valence-corrected chi connectivity index (χ2v) is 6.91. The van der Waals surface area contributed by atoms with E-state index in [4.69, 9.17) is 0 Å². The Balaban J connectivity index is 1.62. The van der Waals surface area contributed by atoms with E-state index < -0.39 is 0 Å². The summed E-state index contributed by atoms with van der Waals surface area (Å²) in [4.78, 5) is 25.0. The first-order valence-electron chi connectivity index (χ1n) is 9.44. The van der Waals surface area contributed by atoms with Crippen molar-refractivity contribution in [2.24, 2.45) is 0 Å². The zero-order valence-corrected chi connectivity index (χ0v) is 16.5. The van der Waals surface area contributed by atoms with Crippen molar-refractivity contribution in [3.05, 3.63) is 100 Å². The molecule has 0 radical (unpaired) electrons. The number of benzene rings is 3. The molecule has 0 aliphatic heterocycles. The zero-order chi connectivity index (χ0) is 20.8. The van der Waals surface area contributed by atoms with Crippen LogP contribution in [0.25, 0.3) is 0 Å². The highest BCUT2D eigenvalue weighted by molar-refractivity contribution is 6.06. The highest BCUT2D eigenvalue weighted by Crippen LogP contribution is 2.19. The molecule has 0 aliphatic carbocycles. The van der Waals surface area contributed by atoms with Gasteiger partial charge in [-0.15, -0.1) is 0 Å². The Morgan fingerprint density at radius 2 is 1.52 bits per heavy atom. The number of hydrogen-bond donors (Lipinski definition) is 2. The monoisotopic (exact) mass is 390 g/mol. The molecule has 4 nitrogen and oxygen atoms in total. The Hall–Kier alpha value is -3.47. The van der Waals surface area contributed by atoms with Crippen LogP contribution in [0.4, 0.5) is 10.1 Å². The number of nitrogens with one attached hydrogen (secondary N) is 2. The van der Waals surface area contributed by atoms with Crippen LogP contribution in [0.1, 0.15) is 37.4 Å². The van der Waals surface area contributed by atoms with Crippen molar-refractivity contribution < 1.29 is 14.0 Å². The quantitative estimate of drug-likeness (QED) is 0.643. The molecule has 0 bridgehead atoms. The summed E-state index contributed by atoms with van der Waals surface area (Å²) in [6.07, 6.45) is 0.596. The van der Waals surface area contributed by atoms with Gasteiger partial charge in [0.05, 0.1) is 0 Å². The van der Waals surface area contributed by atoms with Gasteiger partial charge in [-0.25, -0.2) is 4.39 Å². The molecule has 148 valence electrons. The van der Waals surface area contributed by atoms with Crippen LogP contribution in [-0.4, -0.2) is 18.4 Å². The Morgan fingerprint density at radius 3 is 2.24 bits per heavy atom. The molecule has 2 amide bonds. The molecule has 0 aliphatic rings. The number of amides is 2. The average Bonchev–Trinajstić information content (AvgIpc) is 2.73. The maximum atomic E-state index is 12.9. The third-order valence-electron chi connectivity index (χ3n) is 4.85. The smallest absolute Gasteiger partial charge is 0.255 e. The highest BCUT2D eigenvalue weighted by Gasteiger charge is 2.12. The van der Waals surface area contributed by atoms with Crippen LogP contribution in [0.3, 0.4) is 0 Å². The van der Waals surface area contributed by atoms with Crippen LogP contribution in [0.15, 0.2) is 66.7 Å². The first-order chi connectivity index (χ1) is 13.9. The van der Waals surface area contributed by atoms with Gasteiger partial charge in [0.25, 0.3) is 11.8 Å². The van der Waals surface area contributed by atoms with Crippen molar-refractivity contribution in [1.82, 2.24) is 5.32 Å². The molecule has 5 heteroatoms. The van der Waals surface area contributed by atoms with Gasteiger partial charge in [-0.3, -0.25) is 9.59 Å². The maximum absolute atomic E-state index is 12.9. The van der Waals surface area contributed by atoms with E-state index in [1.807, 2.05) is 32.0 Å². The fourth-order valence-corrected chi connectivity index (χ4v) is 2.96. The Morgan fingerprint density at radius 1 is 0.862 bits per heavy atom. The van der Waals surface area contributed by atoms with Crippen LogP contribution in [0, 0.1) is 19.7 Å². The first kappa shape index (κ1) is 20.3. The van der Waals surface area contributed by atoms with Crippen molar-refractivity contribution in [3.63, 3.8) is 0 Å². The van der Waals surface area contributed by atoms with Gasteiger partial charge < -0.3 is 10.6 Å². The molecule has 0 fully saturated rings. The summed E-state index contributed by atoms with van der Waals surface area (Å²) in [6.45, 7) is 4.36. The summed E-state index contributed by atoms with van der Waals surface area (Å²) in [5, 5.41) is 5.73. The van der Waals surface area contributed by atoms with E-state index >= 15 is 0 Å². The average molecular weight is 390 g/mol. The van der Waals surface area contributed by atoms with Crippen molar-refractivity contribution >= 4 is 17.5 Å². The molecule has 3 aromatic rings. The summed E-state index contributed by atoms with van der Waals surface area (Å²) in [6, 6.07) is 18.5. The van der Waals surface area contributed by atoms with Crippen LogP contribution >= 0.6 is 0 Å². The van der Waals surface area contributed by atoms with Gasteiger partial charge in [-0.1, -0.05) is 30.3 Å². The number of carbonyl (C=O) groups excluding carboxylic acids is 2. The predicted molar refractivity (Wildman–Crippen MR) is 113 cm³/mol. The Bertz CT molecular complexity index is 1030. The molecular formula is C24H23FN2O2. The van der Waals surface area contributed by atoms with Gasteiger partial charge in [-0.05, 0) is 73.4 Å². The van der Waals surface area contributed by atoms with Gasteiger partial charge in [0.15, 0.2) is 0 Å². The largest absolute Gasteiger partial charge is 0.352 e. The molecule has 3 aromatic carbocycles. The van der Waals surface area contributed by atoms with Gasteiger partial charge >= 0.3 is 0 Å². The molecule has 29 heavy (non-hydrogen) atoms. The minimum absolute atomic E-state index is 0.256. The predicted octanol–water partition coefficient (Wildman–Crippen LogP) is 4.67. The normalized spacial score (nSPS) is 10.4. The van der Waals surface area contributed by atoms with E-state index in [1.165, 1.54) is 12.1 Å². The van der Waals surface area contributed by atoms with Crippen LogP contribution in [0.5, 0.6) is 0 Å². The zero-order valence-electron chi connectivity index (χ0n) is 16.5. The molecule has 3 rings (SSSR count). The number of halogens is 1. The maximum Gasteiger partial charge on any atom is 0.255 e. The lowest BCUT2D eigenvalue weighted by molar-refractivity contribution is 0.0954. The lowest BCUT2D eigenvalue weighted by Gasteiger charge is -2.11. The number of anilines is 1. The molecule has 0 spiro atoms. The molecule has 0 saturated carbocycles. The molecule has 0 heterocycles. The van der Waals surface area contributed by atoms with Crippen LogP contribution < -0.4 is 10.6 Å². The van der Waals surface area contributed by atoms with Gasteiger partial charge in [0.1, 0.15) is 5.82 Å². The van der Waals surface area contributed by atoms with Crippen molar-refractivity contribution in [2.75, 3.05) is 11.9 Å². The van der Waals surface area contributed by atoms with E-state index in [0.29, 0.717) is 24.1 Å². The molecule has 2 N–H and O–H groups in total. The number of carbonyl (C=O) groups is 2. The number of hydrogen-bond acceptors (Lipinski definition) is 2. The topological polar surface area (TPSA) is 58.2 Å². The third kappa shape index (κ3) is 5.29. The van der Waals surface area contributed by atoms with E-state index in [2.05, 4.69) is 10.6 Å². The highest BCUT2D eigenvalue weighted by atomic mass is 19.1. The first-order valence-corrected chi connectivity index (χ1v) is 9.44. The molecule has 0 unspecified atom stereocenters. The summed E-state index contributed by atoms with van der Waals surface area (Å²) in [5.74, 6) is -0.804. The van der Waals surface area contributed by atoms with Gasteiger partial charge in [0.2, 0.25) is 0 Å². The van der Waals surface area contributed by atoms with Crippen molar-refractivity contribution in [1.29, 1.82) is 0 Å². The van der Waals surface area contributed by atoms with Crippen molar-refractivity contribution in [3.8, 4) is 0 Å². The SMILES string of the molecule is Cc1cccc(NC(=O)c2cccc(C(=O)NCCc3ccc(F)cc3)c2)c1C. The van der Waals surface area contributed by atoms with Gasteiger partial charge in [0, 0.05) is 23.4 Å². The summed E-state index contributed by atoms with van der Waals surface area (Å²) >= 11 is 0. The lowest BCUT2D eigenvalue weighted by atomic mass is 10.1. The van der Waals surface area contributed by atoms with Crippen LogP contribution in [-0.2, 0) is 6.42 Å².